The van der Waals surface area contributed by atoms with Crippen LogP contribution in [0.1, 0.15) is 16.1 Å². The van der Waals surface area contributed by atoms with E-state index in [0.29, 0.717) is 30.7 Å². The molecule has 0 spiro atoms. The second-order valence-corrected chi connectivity index (χ2v) is 5.40. The molecule has 1 aliphatic heterocycles. The Morgan fingerprint density at radius 3 is 2.73 bits per heavy atom. The smallest absolute Gasteiger partial charge is 0.273 e. The van der Waals surface area contributed by atoms with Gasteiger partial charge in [-0.15, -0.1) is 0 Å². The van der Waals surface area contributed by atoms with Crippen LogP contribution < -0.4 is 10.2 Å². The third-order valence-corrected chi connectivity index (χ3v) is 3.67. The normalized spacial score (nSPS) is 14.9. The molecule has 22 heavy (non-hydrogen) atoms. The van der Waals surface area contributed by atoms with Crippen LogP contribution in [0.25, 0.3) is 0 Å². The summed E-state index contributed by atoms with van der Waals surface area (Å²) in [6, 6.07) is 8.96. The number of nitrogens with zero attached hydrogens (tertiary/aromatic N) is 2. The van der Waals surface area contributed by atoms with E-state index in [1.807, 2.05) is 17.0 Å². The van der Waals surface area contributed by atoms with Crippen LogP contribution in [0.15, 0.2) is 34.9 Å². The number of benzene rings is 1. The maximum Gasteiger partial charge on any atom is 0.273 e. The van der Waals surface area contributed by atoms with E-state index < -0.39 is 0 Å². The monoisotopic (exact) mass is 321 g/mol. The molecule has 116 valence electrons. The largest absolute Gasteiger partial charge is 0.378 e. The highest BCUT2D eigenvalue weighted by Gasteiger charge is 2.18. The molecule has 1 amide bonds. The molecule has 7 heteroatoms. The fraction of sp³-hybridized carbons (Fsp3) is 0.333. The molecule has 3 rings (SSSR count). The van der Waals surface area contributed by atoms with Crippen LogP contribution in [0.5, 0.6) is 0 Å². The Kier molecular flexibility index (Phi) is 4.60. The molecule has 2 aromatic rings. The minimum Gasteiger partial charge on any atom is -0.378 e. The predicted octanol–water partition coefficient (Wildman–Crippen LogP) is 2.09. The van der Waals surface area contributed by atoms with Gasteiger partial charge in [0, 0.05) is 30.7 Å². The lowest BCUT2D eigenvalue weighted by molar-refractivity contribution is 0.0941. The van der Waals surface area contributed by atoms with Crippen LogP contribution in [0.3, 0.4) is 0 Å². The molecule has 0 atom stereocenters. The third-order valence-electron chi connectivity index (χ3n) is 3.42. The van der Waals surface area contributed by atoms with Crippen molar-refractivity contribution in [3.05, 3.63) is 46.6 Å². The van der Waals surface area contributed by atoms with Gasteiger partial charge < -0.3 is 19.5 Å². The lowest BCUT2D eigenvalue weighted by atomic mass is 10.2. The van der Waals surface area contributed by atoms with Gasteiger partial charge in [-0.3, -0.25) is 4.79 Å². The van der Waals surface area contributed by atoms with Crippen molar-refractivity contribution in [3.8, 4) is 0 Å². The number of carbonyl (C=O) groups excluding carboxylic acids is 1. The van der Waals surface area contributed by atoms with Crippen molar-refractivity contribution in [1.82, 2.24) is 10.5 Å². The molecule has 1 fully saturated rings. The number of anilines is 1. The summed E-state index contributed by atoms with van der Waals surface area (Å²) < 4.78 is 10.5. The Hall–Kier alpha value is -2.05. The van der Waals surface area contributed by atoms with Crippen molar-refractivity contribution < 1.29 is 14.1 Å². The van der Waals surface area contributed by atoms with Gasteiger partial charge in [0.05, 0.1) is 13.2 Å². The van der Waals surface area contributed by atoms with Crippen LogP contribution in [0.2, 0.25) is 5.02 Å². The summed E-state index contributed by atoms with van der Waals surface area (Å²) in [5, 5.41) is 7.30. The van der Waals surface area contributed by atoms with Crippen molar-refractivity contribution in [3.63, 3.8) is 0 Å². The summed E-state index contributed by atoms with van der Waals surface area (Å²) in [4.78, 5) is 14.1. The van der Waals surface area contributed by atoms with Crippen LogP contribution in [-0.2, 0) is 11.3 Å². The molecule has 6 nitrogen and oxygen atoms in total. The molecule has 1 saturated heterocycles. The van der Waals surface area contributed by atoms with Gasteiger partial charge in [-0.2, -0.15) is 0 Å². The summed E-state index contributed by atoms with van der Waals surface area (Å²) in [7, 11) is 0. The van der Waals surface area contributed by atoms with Gasteiger partial charge in [0.2, 0.25) is 5.88 Å². The molecule has 1 aromatic heterocycles. The number of rotatable bonds is 4. The van der Waals surface area contributed by atoms with Gasteiger partial charge in [0.1, 0.15) is 0 Å². The minimum absolute atomic E-state index is 0.266. The molecule has 0 saturated carbocycles. The highest BCUT2D eigenvalue weighted by atomic mass is 35.5. The number of hydrogen-bond acceptors (Lipinski definition) is 5. The Balaban J connectivity index is 1.58. The van der Waals surface area contributed by atoms with Crippen LogP contribution in [-0.4, -0.2) is 37.4 Å². The summed E-state index contributed by atoms with van der Waals surface area (Å²) in [6.45, 7) is 3.19. The number of carbonyl (C=O) groups is 1. The van der Waals surface area contributed by atoms with Crippen molar-refractivity contribution in [2.75, 3.05) is 31.2 Å². The molecule has 0 aliphatic carbocycles. The summed E-state index contributed by atoms with van der Waals surface area (Å²) >= 11 is 5.82. The molecular weight excluding hydrogens is 306 g/mol. The maximum absolute atomic E-state index is 12.1. The first-order valence-corrected chi connectivity index (χ1v) is 7.42. The lowest BCUT2D eigenvalue weighted by Crippen LogP contribution is -2.35. The minimum atomic E-state index is -0.266. The Bertz CT molecular complexity index is 636. The SMILES string of the molecule is O=C(NCc1ccc(Cl)cc1)c1cc(N2CCOCC2)on1. The molecule has 1 aliphatic rings. The highest BCUT2D eigenvalue weighted by molar-refractivity contribution is 6.30. The Morgan fingerprint density at radius 1 is 1.27 bits per heavy atom. The van der Waals surface area contributed by atoms with Crippen LogP contribution in [0.4, 0.5) is 5.88 Å². The maximum atomic E-state index is 12.1. The van der Waals surface area contributed by atoms with E-state index in [2.05, 4.69) is 10.5 Å². The first-order chi connectivity index (χ1) is 10.7. The zero-order valence-corrected chi connectivity index (χ0v) is 12.7. The molecule has 0 radical (unpaired) electrons. The lowest BCUT2D eigenvalue weighted by Gasteiger charge is -2.25. The second-order valence-electron chi connectivity index (χ2n) is 4.96. The predicted molar refractivity (Wildman–Crippen MR) is 82.2 cm³/mol. The van der Waals surface area contributed by atoms with Gasteiger partial charge in [-0.25, -0.2) is 0 Å². The average molecular weight is 322 g/mol. The quantitative estimate of drug-likeness (QED) is 0.934. The third kappa shape index (κ3) is 3.58. The number of halogens is 1. The van der Waals surface area contributed by atoms with Gasteiger partial charge in [-0.05, 0) is 17.7 Å². The average Bonchev–Trinajstić information content (AvgIpc) is 3.05. The zero-order chi connectivity index (χ0) is 15.4. The van der Waals surface area contributed by atoms with Gasteiger partial charge >= 0.3 is 0 Å². The van der Waals surface area contributed by atoms with Crippen molar-refractivity contribution >= 4 is 23.4 Å². The number of amides is 1. The molecule has 0 unspecified atom stereocenters. The highest BCUT2D eigenvalue weighted by Crippen LogP contribution is 2.17. The van der Waals surface area contributed by atoms with Crippen LogP contribution in [0, 0.1) is 0 Å². The molecule has 0 bridgehead atoms. The Morgan fingerprint density at radius 2 is 2.00 bits per heavy atom. The van der Waals surface area contributed by atoms with E-state index in [1.54, 1.807) is 18.2 Å². The summed E-state index contributed by atoms with van der Waals surface area (Å²) in [5.41, 5.74) is 1.24. The van der Waals surface area contributed by atoms with E-state index in [1.165, 1.54) is 0 Å². The first-order valence-electron chi connectivity index (χ1n) is 7.04. The van der Waals surface area contributed by atoms with Gasteiger partial charge in [0.15, 0.2) is 5.69 Å². The van der Waals surface area contributed by atoms with E-state index in [4.69, 9.17) is 20.9 Å². The molecular formula is C15H16ClN3O3. The van der Waals surface area contributed by atoms with Gasteiger partial charge in [-0.1, -0.05) is 28.9 Å². The number of hydrogen-bond donors (Lipinski definition) is 1. The first kappa shape index (κ1) is 14.9. The van der Waals surface area contributed by atoms with Crippen molar-refractivity contribution in [1.29, 1.82) is 0 Å². The van der Waals surface area contributed by atoms with E-state index in [9.17, 15) is 4.79 Å². The van der Waals surface area contributed by atoms with Crippen molar-refractivity contribution in [2.45, 2.75) is 6.54 Å². The van der Waals surface area contributed by atoms with Gasteiger partial charge in [0.25, 0.3) is 5.91 Å². The summed E-state index contributed by atoms with van der Waals surface area (Å²) in [6.07, 6.45) is 0. The summed E-state index contributed by atoms with van der Waals surface area (Å²) in [5.74, 6) is 0.332. The molecule has 1 N–H and O–H groups in total. The van der Waals surface area contributed by atoms with E-state index in [-0.39, 0.29) is 11.6 Å². The number of aromatic nitrogens is 1. The molecule has 1 aromatic carbocycles. The fourth-order valence-corrected chi connectivity index (χ4v) is 2.31. The standard InChI is InChI=1S/C15H16ClN3O3/c16-12-3-1-11(2-4-12)10-17-15(20)13-9-14(22-18-13)19-5-7-21-8-6-19/h1-4,9H,5-8,10H2,(H,17,20). The van der Waals surface area contributed by atoms with Crippen LogP contribution >= 0.6 is 11.6 Å². The number of morpholine rings is 1. The Labute approximate surface area is 133 Å². The number of nitrogens with one attached hydrogen (secondary N) is 1. The topological polar surface area (TPSA) is 67.6 Å². The zero-order valence-electron chi connectivity index (χ0n) is 11.9. The van der Waals surface area contributed by atoms with Crippen molar-refractivity contribution in [2.24, 2.45) is 0 Å². The van der Waals surface area contributed by atoms with E-state index in [0.717, 1.165) is 18.7 Å². The fourth-order valence-electron chi connectivity index (χ4n) is 2.18. The number of ether oxygens (including phenoxy) is 1. The van der Waals surface area contributed by atoms with E-state index >= 15 is 0 Å². The second kappa shape index (κ2) is 6.81. The molecule has 2 heterocycles.